The van der Waals surface area contributed by atoms with E-state index in [4.69, 9.17) is 26.2 Å². The van der Waals surface area contributed by atoms with E-state index in [0.717, 1.165) is 22.4 Å². The highest BCUT2D eigenvalue weighted by Crippen LogP contribution is 2.40. The van der Waals surface area contributed by atoms with E-state index in [1.54, 1.807) is 7.11 Å². The van der Waals surface area contributed by atoms with Gasteiger partial charge in [0.15, 0.2) is 0 Å². The normalized spacial score (nSPS) is 11.1. The summed E-state index contributed by atoms with van der Waals surface area (Å²) in [5, 5.41) is 0. The van der Waals surface area contributed by atoms with Crippen LogP contribution in [0.3, 0.4) is 0 Å². The Balaban J connectivity index is 2.15. The average molecular weight is 350 g/mol. The molecule has 5 nitrogen and oxygen atoms in total. The molecule has 0 aliphatic carbocycles. The van der Waals surface area contributed by atoms with Crippen LogP contribution in [0.4, 0.5) is 0 Å². The summed E-state index contributed by atoms with van der Waals surface area (Å²) in [6, 6.07) is 23.5. The van der Waals surface area contributed by atoms with Crippen LogP contribution in [0.2, 0.25) is 0 Å². The first kappa shape index (κ1) is 17.8. The highest BCUT2D eigenvalue weighted by Gasteiger charge is 2.31. The highest BCUT2D eigenvalue weighted by atomic mass is 16.6. The van der Waals surface area contributed by atoms with Crippen molar-refractivity contribution >= 4 is 0 Å². The molecule has 0 aliphatic heterocycles. The molecule has 0 atom stereocenters. The molecule has 3 aromatic rings. The minimum atomic E-state index is -0.396. The van der Waals surface area contributed by atoms with Gasteiger partial charge in [-0.3, -0.25) is 0 Å². The van der Waals surface area contributed by atoms with Gasteiger partial charge in [0, 0.05) is 5.41 Å². The molecule has 0 aromatic heterocycles. The minimum Gasteiger partial charge on any atom is -0.497 e. The van der Waals surface area contributed by atoms with Crippen molar-refractivity contribution in [2.24, 2.45) is 11.8 Å². The third-order valence-electron chi connectivity index (χ3n) is 4.80. The molecule has 5 heteroatoms. The van der Waals surface area contributed by atoms with E-state index in [2.05, 4.69) is 19.1 Å². The Morgan fingerprint density at radius 1 is 0.577 bits per heavy atom. The van der Waals surface area contributed by atoms with Crippen molar-refractivity contribution in [1.82, 2.24) is 0 Å². The van der Waals surface area contributed by atoms with Gasteiger partial charge >= 0.3 is 0 Å². The summed E-state index contributed by atoms with van der Waals surface area (Å²) in [6.07, 6.45) is 0. The van der Waals surface area contributed by atoms with Crippen molar-refractivity contribution in [2.75, 3.05) is 7.11 Å². The van der Waals surface area contributed by atoms with E-state index in [1.165, 1.54) is 0 Å². The topological polar surface area (TPSA) is 79.7 Å². The van der Waals surface area contributed by atoms with Gasteiger partial charge in [-0.2, -0.15) is 11.8 Å². The molecular formula is C21H22N2O3. The monoisotopic (exact) mass is 350 g/mol. The van der Waals surface area contributed by atoms with Crippen LogP contribution < -0.4 is 26.2 Å². The molecule has 0 amide bonds. The van der Waals surface area contributed by atoms with Gasteiger partial charge in [0.25, 0.3) is 0 Å². The second-order valence-electron chi connectivity index (χ2n) is 6.14. The molecule has 0 saturated carbocycles. The van der Waals surface area contributed by atoms with Crippen LogP contribution in [-0.4, -0.2) is 7.11 Å². The molecule has 3 aromatic carbocycles. The predicted molar refractivity (Wildman–Crippen MR) is 101 cm³/mol. The lowest BCUT2D eigenvalue weighted by Gasteiger charge is -2.32. The van der Waals surface area contributed by atoms with Crippen LogP contribution in [0, 0.1) is 0 Å². The van der Waals surface area contributed by atoms with Crippen LogP contribution in [0.25, 0.3) is 0 Å². The first-order chi connectivity index (χ1) is 12.6. The molecule has 0 spiro atoms. The second kappa shape index (κ2) is 7.47. The van der Waals surface area contributed by atoms with E-state index in [-0.39, 0.29) is 0 Å². The summed E-state index contributed by atoms with van der Waals surface area (Å²) in [5.41, 5.74) is 2.93. The Hall–Kier alpha value is -3.02. The number of hydrogen-bond donors (Lipinski definition) is 2. The van der Waals surface area contributed by atoms with Crippen molar-refractivity contribution in [3.05, 3.63) is 89.5 Å². The molecule has 0 aliphatic rings. The van der Waals surface area contributed by atoms with Crippen LogP contribution in [0.1, 0.15) is 23.6 Å². The highest BCUT2D eigenvalue weighted by molar-refractivity contribution is 5.52. The molecule has 0 radical (unpaired) electrons. The zero-order valence-electron chi connectivity index (χ0n) is 14.8. The molecule has 0 heterocycles. The van der Waals surface area contributed by atoms with Crippen molar-refractivity contribution in [1.29, 1.82) is 0 Å². The minimum absolute atomic E-state index is 0.396. The van der Waals surface area contributed by atoms with E-state index in [9.17, 15) is 0 Å². The van der Waals surface area contributed by atoms with Crippen LogP contribution in [0.15, 0.2) is 72.8 Å². The number of hydrogen-bond acceptors (Lipinski definition) is 5. The summed E-state index contributed by atoms with van der Waals surface area (Å²) >= 11 is 0. The molecule has 134 valence electrons. The first-order valence-electron chi connectivity index (χ1n) is 8.21. The first-order valence-corrected chi connectivity index (χ1v) is 8.21. The van der Waals surface area contributed by atoms with Crippen molar-refractivity contribution in [3.63, 3.8) is 0 Å². The summed E-state index contributed by atoms with van der Waals surface area (Å²) in [6.45, 7) is 2.17. The number of ether oxygens (including phenoxy) is 1. The van der Waals surface area contributed by atoms with Gasteiger partial charge in [-0.15, -0.1) is 0 Å². The summed E-state index contributed by atoms with van der Waals surface area (Å²) in [5.74, 6) is 12.5. The van der Waals surface area contributed by atoms with Gasteiger partial charge < -0.3 is 14.4 Å². The summed E-state index contributed by atoms with van der Waals surface area (Å²) in [7, 11) is 1.66. The Morgan fingerprint density at radius 3 is 1.15 bits per heavy atom. The molecular weight excluding hydrogens is 328 g/mol. The Labute approximate surface area is 153 Å². The summed E-state index contributed by atoms with van der Waals surface area (Å²) in [4.78, 5) is 9.61. The fourth-order valence-electron chi connectivity index (χ4n) is 3.16. The van der Waals surface area contributed by atoms with Crippen molar-refractivity contribution in [3.8, 4) is 17.2 Å². The predicted octanol–water partition coefficient (Wildman–Crippen LogP) is 3.55. The quantitative estimate of drug-likeness (QED) is 0.525. The van der Waals surface area contributed by atoms with Gasteiger partial charge in [0.1, 0.15) is 17.2 Å². The van der Waals surface area contributed by atoms with Gasteiger partial charge in [-0.25, -0.2) is 0 Å². The van der Waals surface area contributed by atoms with Crippen LogP contribution in [-0.2, 0) is 5.41 Å². The van der Waals surface area contributed by atoms with Gasteiger partial charge in [0.05, 0.1) is 7.11 Å². The smallest absolute Gasteiger partial charge is 0.146 e. The van der Waals surface area contributed by atoms with Gasteiger partial charge in [-0.1, -0.05) is 36.4 Å². The molecule has 0 bridgehead atoms. The maximum absolute atomic E-state index is 5.29. The number of nitrogens with two attached hydrogens (primary N) is 2. The van der Waals surface area contributed by atoms with Crippen molar-refractivity contribution in [2.45, 2.75) is 12.3 Å². The largest absolute Gasteiger partial charge is 0.497 e. The molecule has 0 fully saturated rings. The SMILES string of the molecule is COc1ccc(C(C)(c2ccc(ON)cc2)c2ccc(ON)cc2)cc1. The van der Waals surface area contributed by atoms with E-state index >= 15 is 0 Å². The molecule has 3 rings (SSSR count). The van der Waals surface area contributed by atoms with E-state index < -0.39 is 5.41 Å². The third kappa shape index (κ3) is 3.22. The fraction of sp³-hybridized carbons (Fsp3) is 0.143. The Kier molecular flexibility index (Phi) is 5.11. The number of benzene rings is 3. The van der Waals surface area contributed by atoms with E-state index in [1.807, 2.05) is 60.7 Å². The number of methoxy groups -OCH3 is 1. The van der Waals surface area contributed by atoms with Crippen LogP contribution >= 0.6 is 0 Å². The lowest BCUT2D eigenvalue weighted by molar-refractivity contribution is 0.334. The molecule has 4 N–H and O–H groups in total. The molecule has 0 saturated heterocycles. The number of rotatable bonds is 6. The fourth-order valence-corrected chi connectivity index (χ4v) is 3.16. The maximum atomic E-state index is 5.29. The van der Waals surface area contributed by atoms with E-state index in [0.29, 0.717) is 11.5 Å². The van der Waals surface area contributed by atoms with Crippen molar-refractivity contribution < 1.29 is 14.4 Å². The summed E-state index contributed by atoms with van der Waals surface area (Å²) < 4.78 is 5.29. The molecule has 0 unspecified atom stereocenters. The Bertz CT molecular complexity index is 728. The standard InChI is InChI=1S/C21H22N2O3/c1-21(15-3-9-18(24-2)10-4-15,16-5-11-19(25-22)12-6-16)17-7-13-20(26-23)14-8-17/h3-14H,22-23H2,1-2H3. The third-order valence-corrected chi connectivity index (χ3v) is 4.80. The lowest BCUT2D eigenvalue weighted by atomic mass is 9.71. The zero-order chi connectivity index (χ0) is 18.6. The Morgan fingerprint density at radius 2 is 0.885 bits per heavy atom. The second-order valence-corrected chi connectivity index (χ2v) is 6.14. The maximum Gasteiger partial charge on any atom is 0.146 e. The molecule has 26 heavy (non-hydrogen) atoms. The van der Waals surface area contributed by atoms with Gasteiger partial charge in [0.2, 0.25) is 0 Å². The van der Waals surface area contributed by atoms with Gasteiger partial charge in [-0.05, 0) is 60.0 Å². The average Bonchev–Trinajstić information content (AvgIpc) is 2.73. The zero-order valence-corrected chi connectivity index (χ0v) is 14.8. The van der Waals surface area contributed by atoms with Crippen LogP contribution in [0.5, 0.6) is 17.2 Å². The lowest BCUT2D eigenvalue weighted by Crippen LogP contribution is -2.25.